The molecule has 0 atom stereocenters. The standard InChI is InChI=1S/C23H24N4O3/c1-16-20-15-25-27(18-8-4-3-5-9-18)23(29)22(20)17(2)26(16)12-6-11-21(28)24-14-19-10-7-13-30-19/h3-5,7-10,13,15H,6,11-12,14H2,1-2H3,(H,24,28). The number of benzene rings is 1. The molecule has 0 unspecified atom stereocenters. The SMILES string of the molecule is Cc1c2cnn(-c3ccccc3)c(=O)c2c(C)n1CCCC(=O)NCc1ccco1. The number of aryl methyl sites for hydroxylation is 2. The van der Waals surface area contributed by atoms with Gasteiger partial charge in [-0.05, 0) is 44.5 Å². The van der Waals surface area contributed by atoms with Gasteiger partial charge < -0.3 is 14.3 Å². The number of nitrogens with zero attached hydrogens (tertiary/aromatic N) is 3. The Labute approximate surface area is 173 Å². The van der Waals surface area contributed by atoms with E-state index in [-0.39, 0.29) is 11.5 Å². The van der Waals surface area contributed by atoms with Crippen LogP contribution in [0.4, 0.5) is 0 Å². The van der Waals surface area contributed by atoms with Gasteiger partial charge in [0.05, 0.1) is 30.1 Å². The van der Waals surface area contributed by atoms with Crippen LogP contribution in [0.2, 0.25) is 0 Å². The lowest BCUT2D eigenvalue weighted by atomic mass is 10.2. The first-order chi connectivity index (χ1) is 14.6. The van der Waals surface area contributed by atoms with E-state index in [2.05, 4.69) is 15.0 Å². The molecule has 0 saturated carbocycles. The van der Waals surface area contributed by atoms with Crippen molar-refractivity contribution in [2.75, 3.05) is 0 Å². The molecule has 0 saturated heterocycles. The second-order valence-electron chi connectivity index (χ2n) is 7.27. The molecule has 0 bridgehead atoms. The molecule has 0 radical (unpaired) electrons. The third-order valence-electron chi connectivity index (χ3n) is 5.37. The fraction of sp³-hybridized carbons (Fsp3) is 0.261. The summed E-state index contributed by atoms with van der Waals surface area (Å²) >= 11 is 0. The molecular formula is C23H24N4O3. The number of aromatic nitrogens is 3. The lowest BCUT2D eigenvalue weighted by Crippen LogP contribution is -2.22. The smallest absolute Gasteiger partial charge is 0.281 e. The average molecular weight is 404 g/mol. The highest BCUT2D eigenvalue weighted by Gasteiger charge is 2.17. The zero-order valence-corrected chi connectivity index (χ0v) is 17.1. The van der Waals surface area contributed by atoms with Crippen molar-refractivity contribution in [1.82, 2.24) is 19.7 Å². The van der Waals surface area contributed by atoms with Crippen molar-refractivity contribution in [3.63, 3.8) is 0 Å². The van der Waals surface area contributed by atoms with Crippen LogP contribution in [0, 0.1) is 13.8 Å². The van der Waals surface area contributed by atoms with Crippen LogP contribution in [0.5, 0.6) is 0 Å². The molecule has 0 aliphatic rings. The molecule has 0 spiro atoms. The summed E-state index contributed by atoms with van der Waals surface area (Å²) in [5.41, 5.74) is 2.50. The van der Waals surface area contributed by atoms with E-state index in [4.69, 9.17) is 4.42 Å². The first-order valence-electron chi connectivity index (χ1n) is 9.98. The van der Waals surface area contributed by atoms with E-state index < -0.39 is 0 Å². The molecule has 4 rings (SSSR count). The summed E-state index contributed by atoms with van der Waals surface area (Å²) in [4.78, 5) is 25.2. The zero-order chi connectivity index (χ0) is 21.1. The molecule has 4 aromatic rings. The number of carbonyl (C=O) groups is 1. The molecule has 1 N–H and O–H groups in total. The molecular weight excluding hydrogens is 380 g/mol. The van der Waals surface area contributed by atoms with Gasteiger partial charge in [-0.1, -0.05) is 18.2 Å². The average Bonchev–Trinajstić information content (AvgIpc) is 3.36. The Balaban J connectivity index is 1.50. The highest BCUT2D eigenvalue weighted by molar-refractivity contribution is 5.87. The molecule has 3 heterocycles. The summed E-state index contributed by atoms with van der Waals surface area (Å²) in [6, 6.07) is 13.0. The molecule has 0 fully saturated rings. The molecule has 0 aliphatic carbocycles. The highest BCUT2D eigenvalue weighted by Crippen LogP contribution is 2.23. The van der Waals surface area contributed by atoms with Crippen LogP contribution >= 0.6 is 0 Å². The van der Waals surface area contributed by atoms with Crippen molar-refractivity contribution in [2.45, 2.75) is 39.8 Å². The number of rotatable bonds is 7. The summed E-state index contributed by atoms with van der Waals surface area (Å²) in [5.74, 6) is 0.709. The first-order valence-corrected chi connectivity index (χ1v) is 9.98. The van der Waals surface area contributed by atoms with Gasteiger partial charge >= 0.3 is 0 Å². The van der Waals surface area contributed by atoms with Crippen molar-refractivity contribution < 1.29 is 9.21 Å². The van der Waals surface area contributed by atoms with Gasteiger partial charge in [0, 0.05) is 29.7 Å². The Morgan fingerprint density at radius 1 is 1.10 bits per heavy atom. The molecule has 3 aromatic heterocycles. The number of hydrogen-bond donors (Lipinski definition) is 1. The molecule has 7 heteroatoms. The summed E-state index contributed by atoms with van der Waals surface area (Å²) in [6.07, 6.45) is 4.41. The predicted molar refractivity (Wildman–Crippen MR) is 115 cm³/mol. The van der Waals surface area contributed by atoms with Gasteiger partial charge in [-0.2, -0.15) is 9.78 Å². The maximum absolute atomic E-state index is 13.1. The van der Waals surface area contributed by atoms with Crippen molar-refractivity contribution in [3.05, 3.63) is 82.4 Å². The van der Waals surface area contributed by atoms with Crippen molar-refractivity contribution in [1.29, 1.82) is 0 Å². The third kappa shape index (κ3) is 3.78. The maximum atomic E-state index is 13.1. The molecule has 154 valence electrons. The lowest BCUT2D eigenvalue weighted by Gasteiger charge is -2.09. The molecule has 1 aromatic carbocycles. The Bertz CT molecular complexity index is 1220. The number of para-hydroxylation sites is 1. The summed E-state index contributed by atoms with van der Waals surface area (Å²) in [7, 11) is 0. The third-order valence-corrected chi connectivity index (χ3v) is 5.37. The highest BCUT2D eigenvalue weighted by atomic mass is 16.3. The number of nitrogens with one attached hydrogen (secondary N) is 1. The zero-order valence-electron chi connectivity index (χ0n) is 17.1. The fourth-order valence-corrected chi connectivity index (χ4v) is 3.78. The van der Waals surface area contributed by atoms with Crippen LogP contribution in [0.25, 0.3) is 16.5 Å². The van der Waals surface area contributed by atoms with E-state index in [1.165, 1.54) is 4.68 Å². The molecule has 7 nitrogen and oxygen atoms in total. The van der Waals surface area contributed by atoms with Gasteiger partial charge in [0.25, 0.3) is 5.56 Å². The second-order valence-corrected chi connectivity index (χ2v) is 7.27. The van der Waals surface area contributed by atoms with Crippen LogP contribution in [-0.2, 0) is 17.9 Å². The van der Waals surface area contributed by atoms with Gasteiger partial charge in [0.15, 0.2) is 0 Å². The topological polar surface area (TPSA) is 82.1 Å². The number of fused-ring (bicyclic) bond motifs is 1. The van der Waals surface area contributed by atoms with E-state index >= 15 is 0 Å². The normalized spacial score (nSPS) is 11.1. The van der Waals surface area contributed by atoms with E-state index in [0.29, 0.717) is 31.3 Å². The van der Waals surface area contributed by atoms with Crippen molar-refractivity contribution in [3.8, 4) is 5.69 Å². The van der Waals surface area contributed by atoms with Crippen molar-refractivity contribution in [2.24, 2.45) is 0 Å². The molecule has 0 aliphatic heterocycles. The Hall–Kier alpha value is -3.61. The number of hydrogen-bond acceptors (Lipinski definition) is 4. The van der Waals surface area contributed by atoms with Gasteiger partial charge in [-0.3, -0.25) is 9.59 Å². The van der Waals surface area contributed by atoms with E-state index in [9.17, 15) is 9.59 Å². The quantitative estimate of drug-likeness (QED) is 0.511. The van der Waals surface area contributed by atoms with Crippen LogP contribution in [0.3, 0.4) is 0 Å². The van der Waals surface area contributed by atoms with Crippen LogP contribution in [0.1, 0.15) is 30.0 Å². The Morgan fingerprint density at radius 2 is 1.90 bits per heavy atom. The van der Waals surface area contributed by atoms with Crippen molar-refractivity contribution >= 4 is 16.7 Å². The van der Waals surface area contributed by atoms with E-state index in [1.54, 1.807) is 18.5 Å². The molecule has 1 amide bonds. The predicted octanol–water partition coefficient (Wildman–Crippen LogP) is 3.49. The van der Waals surface area contributed by atoms with Gasteiger partial charge in [-0.25, -0.2) is 0 Å². The fourth-order valence-electron chi connectivity index (χ4n) is 3.78. The monoisotopic (exact) mass is 404 g/mol. The second kappa shape index (κ2) is 8.41. The lowest BCUT2D eigenvalue weighted by molar-refractivity contribution is -0.121. The number of amides is 1. The van der Waals surface area contributed by atoms with Gasteiger partial charge in [0.1, 0.15) is 5.76 Å². The van der Waals surface area contributed by atoms with E-state index in [0.717, 1.165) is 28.2 Å². The van der Waals surface area contributed by atoms with E-state index in [1.807, 2.05) is 50.2 Å². The maximum Gasteiger partial charge on any atom is 0.281 e. The Kier molecular flexibility index (Phi) is 5.52. The van der Waals surface area contributed by atoms with Crippen LogP contribution in [-0.4, -0.2) is 20.3 Å². The molecule has 30 heavy (non-hydrogen) atoms. The number of furan rings is 1. The summed E-state index contributed by atoms with van der Waals surface area (Å²) < 4.78 is 8.75. The van der Waals surface area contributed by atoms with Crippen LogP contribution < -0.4 is 10.9 Å². The Morgan fingerprint density at radius 3 is 2.63 bits per heavy atom. The number of carbonyl (C=O) groups excluding carboxylic acids is 1. The van der Waals surface area contributed by atoms with Gasteiger partial charge in [0.2, 0.25) is 5.91 Å². The van der Waals surface area contributed by atoms with Crippen LogP contribution in [0.15, 0.2) is 64.1 Å². The largest absolute Gasteiger partial charge is 0.467 e. The minimum atomic E-state index is -0.130. The summed E-state index contributed by atoms with van der Waals surface area (Å²) in [6.45, 7) is 4.98. The van der Waals surface area contributed by atoms with Gasteiger partial charge in [-0.15, -0.1) is 0 Å². The first kappa shape index (κ1) is 19.7. The summed E-state index contributed by atoms with van der Waals surface area (Å²) in [5, 5.41) is 8.75. The minimum Gasteiger partial charge on any atom is -0.467 e. The minimum absolute atomic E-state index is 0.0217.